The van der Waals surface area contributed by atoms with E-state index in [-0.39, 0.29) is 13.0 Å². The largest absolute Gasteiger partial charge is 0.481 e. The molecule has 0 heterocycles. The Kier molecular flexibility index (Phi) is 7.20. The zero-order valence-corrected chi connectivity index (χ0v) is 10.7. The molecule has 0 aliphatic heterocycles. The molecule has 0 spiro atoms. The number of ether oxygens (including phenoxy) is 1. The molecule has 0 rings (SSSR count). The van der Waals surface area contributed by atoms with Gasteiger partial charge in [-0.25, -0.2) is 4.79 Å². The van der Waals surface area contributed by atoms with Gasteiger partial charge >= 0.3 is 18.2 Å². The maximum Gasteiger partial charge on any atom is 0.390 e. The molecule has 19 heavy (non-hydrogen) atoms. The molecule has 1 unspecified atom stereocenters. The summed E-state index contributed by atoms with van der Waals surface area (Å²) < 4.78 is 40.7. The second-order valence-electron chi connectivity index (χ2n) is 3.93. The van der Waals surface area contributed by atoms with Gasteiger partial charge in [-0.05, 0) is 0 Å². The Labute approximate surface area is 108 Å². The predicted molar refractivity (Wildman–Crippen MR) is 59.8 cm³/mol. The van der Waals surface area contributed by atoms with Gasteiger partial charge in [0.1, 0.15) is 0 Å². The van der Waals surface area contributed by atoms with Crippen LogP contribution in [0.2, 0.25) is 0 Å². The number of carbonyl (C=O) groups excluding carboxylic acids is 1. The van der Waals surface area contributed by atoms with Crippen molar-refractivity contribution < 1.29 is 32.6 Å². The van der Waals surface area contributed by atoms with Crippen LogP contribution in [0, 0.1) is 0 Å². The highest BCUT2D eigenvalue weighted by Gasteiger charge is 2.28. The van der Waals surface area contributed by atoms with E-state index in [9.17, 15) is 22.8 Å². The maximum absolute atomic E-state index is 11.9. The highest BCUT2D eigenvalue weighted by atomic mass is 19.4. The fraction of sp³-hybridized carbons (Fsp3) is 0.800. The molecule has 0 radical (unpaired) electrons. The Morgan fingerprint density at radius 2 is 2.00 bits per heavy atom. The molecule has 0 saturated carbocycles. The molecule has 0 fully saturated rings. The molecule has 0 aromatic rings. The lowest BCUT2D eigenvalue weighted by atomic mass is 10.2. The lowest BCUT2D eigenvalue weighted by molar-refractivity contribution is -0.140. The van der Waals surface area contributed by atoms with E-state index in [0.717, 1.165) is 4.90 Å². The highest BCUT2D eigenvalue weighted by molar-refractivity contribution is 5.74. The van der Waals surface area contributed by atoms with E-state index in [1.165, 1.54) is 14.2 Å². The number of carbonyl (C=O) groups is 2. The number of amides is 2. The average molecular weight is 286 g/mol. The Hall–Kier alpha value is -1.51. The molecule has 6 nitrogen and oxygen atoms in total. The summed E-state index contributed by atoms with van der Waals surface area (Å²) in [4.78, 5) is 22.7. The van der Waals surface area contributed by atoms with Gasteiger partial charge in [0, 0.05) is 27.2 Å². The van der Waals surface area contributed by atoms with Crippen molar-refractivity contribution in [3.63, 3.8) is 0 Å². The number of carboxylic acid groups (broad SMARTS) is 1. The Morgan fingerprint density at radius 1 is 1.42 bits per heavy atom. The number of aliphatic carboxylic acids is 1. The highest BCUT2D eigenvalue weighted by Crippen LogP contribution is 2.19. The molecule has 1 atom stereocenters. The van der Waals surface area contributed by atoms with Crippen molar-refractivity contribution in [1.82, 2.24) is 10.2 Å². The average Bonchev–Trinajstić information content (AvgIpc) is 2.29. The van der Waals surface area contributed by atoms with Gasteiger partial charge in [0.05, 0.1) is 18.9 Å². The van der Waals surface area contributed by atoms with Crippen molar-refractivity contribution in [2.45, 2.75) is 25.1 Å². The first-order valence-electron chi connectivity index (χ1n) is 5.46. The van der Waals surface area contributed by atoms with Gasteiger partial charge in [-0.2, -0.15) is 13.2 Å². The zero-order valence-electron chi connectivity index (χ0n) is 10.7. The van der Waals surface area contributed by atoms with Crippen molar-refractivity contribution in [3.8, 4) is 0 Å². The normalized spacial score (nSPS) is 12.9. The molecule has 0 saturated heterocycles. The fourth-order valence-corrected chi connectivity index (χ4v) is 1.17. The lowest BCUT2D eigenvalue weighted by Gasteiger charge is -2.20. The van der Waals surface area contributed by atoms with E-state index in [2.05, 4.69) is 5.32 Å². The van der Waals surface area contributed by atoms with Crippen LogP contribution in [-0.2, 0) is 9.53 Å². The molecular weight excluding hydrogens is 269 g/mol. The van der Waals surface area contributed by atoms with E-state index in [4.69, 9.17) is 9.84 Å². The van der Waals surface area contributed by atoms with Gasteiger partial charge < -0.3 is 20.1 Å². The third-order valence-electron chi connectivity index (χ3n) is 2.29. The second kappa shape index (κ2) is 7.82. The summed E-state index contributed by atoms with van der Waals surface area (Å²) in [5, 5.41) is 10.8. The molecule has 0 aromatic carbocycles. The first-order valence-corrected chi connectivity index (χ1v) is 5.46. The second-order valence-corrected chi connectivity index (χ2v) is 3.93. The number of hydrogen-bond acceptors (Lipinski definition) is 3. The summed E-state index contributed by atoms with van der Waals surface area (Å²) in [5.41, 5.74) is 0. The number of carboxylic acids is 1. The van der Waals surface area contributed by atoms with Crippen LogP contribution in [0.5, 0.6) is 0 Å². The van der Waals surface area contributed by atoms with Crippen LogP contribution in [0.1, 0.15) is 12.8 Å². The first-order chi connectivity index (χ1) is 8.65. The number of nitrogens with one attached hydrogen (secondary N) is 1. The van der Waals surface area contributed by atoms with Crippen LogP contribution in [0.25, 0.3) is 0 Å². The number of urea groups is 1. The van der Waals surface area contributed by atoms with E-state index < -0.39 is 37.2 Å². The first kappa shape index (κ1) is 17.5. The minimum absolute atomic E-state index is 0.0853. The number of rotatable bonds is 7. The van der Waals surface area contributed by atoms with E-state index in [1.54, 1.807) is 0 Å². The van der Waals surface area contributed by atoms with Crippen LogP contribution >= 0.6 is 0 Å². The molecule has 0 aliphatic rings. The quantitative estimate of drug-likeness (QED) is 0.733. The molecule has 0 bridgehead atoms. The molecular formula is C10H17F3N2O4. The van der Waals surface area contributed by atoms with Gasteiger partial charge in [0.25, 0.3) is 0 Å². The fourth-order valence-electron chi connectivity index (χ4n) is 1.17. The maximum atomic E-state index is 11.9. The minimum Gasteiger partial charge on any atom is -0.481 e. The SMILES string of the molecule is COC(CNC(=O)N(C)CCC(F)(F)F)CC(=O)O. The van der Waals surface area contributed by atoms with Crippen LogP contribution in [-0.4, -0.2) is 61.5 Å². The number of alkyl halides is 3. The Bertz CT molecular complexity index is 310. The van der Waals surface area contributed by atoms with Crippen LogP contribution in [0.4, 0.5) is 18.0 Å². The molecule has 112 valence electrons. The van der Waals surface area contributed by atoms with Gasteiger partial charge in [-0.15, -0.1) is 0 Å². The van der Waals surface area contributed by atoms with Crippen molar-refractivity contribution in [3.05, 3.63) is 0 Å². The number of halogens is 3. The van der Waals surface area contributed by atoms with Crippen LogP contribution in [0.15, 0.2) is 0 Å². The van der Waals surface area contributed by atoms with Crippen molar-refractivity contribution in [1.29, 1.82) is 0 Å². The lowest BCUT2D eigenvalue weighted by Crippen LogP contribution is -2.42. The molecule has 9 heteroatoms. The summed E-state index contributed by atoms with van der Waals surface area (Å²) in [6.07, 6.45) is -6.45. The zero-order chi connectivity index (χ0) is 15.1. The van der Waals surface area contributed by atoms with Gasteiger partial charge in [0.2, 0.25) is 0 Å². The van der Waals surface area contributed by atoms with Gasteiger partial charge in [-0.3, -0.25) is 4.79 Å². The number of hydrogen-bond donors (Lipinski definition) is 2. The van der Waals surface area contributed by atoms with Crippen molar-refractivity contribution >= 4 is 12.0 Å². The molecule has 0 aromatic heterocycles. The summed E-state index contributed by atoms with van der Waals surface area (Å²) in [6.45, 7) is -0.552. The van der Waals surface area contributed by atoms with Gasteiger partial charge in [0.15, 0.2) is 0 Å². The summed E-state index contributed by atoms with van der Waals surface area (Å²) in [7, 11) is 2.51. The summed E-state index contributed by atoms with van der Waals surface area (Å²) in [5.74, 6) is -1.09. The van der Waals surface area contributed by atoms with Crippen molar-refractivity contribution in [2.75, 3.05) is 27.2 Å². The van der Waals surface area contributed by atoms with E-state index in [0.29, 0.717) is 0 Å². The third-order valence-corrected chi connectivity index (χ3v) is 2.29. The monoisotopic (exact) mass is 286 g/mol. The van der Waals surface area contributed by atoms with Crippen LogP contribution in [0.3, 0.4) is 0 Å². The standard InChI is InChI=1S/C10H17F3N2O4/c1-15(4-3-10(11,12)13)9(18)14-6-7(19-2)5-8(16)17/h7H,3-6H2,1-2H3,(H,14,18)(H,16,17). The summed E-state index contributed by atoms with van der Waals surface area (Å²) in [6, 6.07) is -0.711. The molecule has 0 aliphatic carbocycles. The predicted octanol–water partition coefficient (Wildman–Crippen LogP) is 1.07. The van der Waals surface area contributed by atoms with E-state index in [1.807, 2.05) is 0 Å². The number of nitrogens with zero attached hydrogens (tertiary/aromatic N) is 1. The molecule has 2 amide bonds. The van der Waals surface area contributed by atoms with Gasteiger partial charge in [-0.1, -0.05) is 0 Å². The molecule has 2 N–H and O–H groups in total. The summed E-state index contributed by atoms with van der Waals surface area (Å²) >= 11 is 0. The minimum atomic E-state index is -4.33. The Balaban J connectivity index is 4.04. The topological polar surface area (TPSA) is 78.9 Å². The third kappa shape index (κ3) is 9.11. The van der Waals surface area contributed by atoms with E-state index >= 15 is 0 Å². The van der Waals surface area contributed by atoms with Crippen molar-refractivity contribution in [2.24, 2.45) is 0 Å². The Morgan fingerprint density at radius 3 is 2.42 bits per heavy atom. The smallest absolute Gasteiger partial charge is 0.390 e. The van der Waals surface area contributed by atoms with Crippen LogP contribution < -0.4 is 5.32 Å². The number of methoxy groups -OCH3 is 1.